The normalized spacial score (nSPS) is 13.0. The summed E-state index contributed by atoms with van der Waals surface area (Å²) >= 11 is 0. The number of rotatable bonds is 5. The van der Waals surface area contributed by atoms with Crippen LogP contribution < -0.4 is 4.90 Å². The van der Waals surface area contributed by atoms with Crippen LogP contribution in [0, 0.1) is 0 Å². The highest BCUT2D eigenvalue weighted by molar-refractivity contribution is 6.01. The molecule has 1 heterocycles. The van der Waals surface area contributed by atoms with Crippen LogP contribution in [0.15, 0.2) is 48.5 Å². The van der Waals surface area contributed by atoms with Crippen molar-refractivity contribution in [3.8, 4) is 0 Å². The monoisotopic (exact) mass is 307 g/mol. The summed E-state index contributed by atoms with van der Waals surface area (Å²) in [4.78, 5) is 26.5. The number of para-hydroxylation sites is 1. The van der Waals surface area contributed by atoms with Crippen molar-refractivity contribution in [2.45, 2.75) is 32.6 Å². The Morgan fingerprint density at radius 2 is 1.74 bits per heavy atom. The Hall–Kier alpha value is -2.42. The summed E-state index contributed by atoms with van der Waals surface area (Å²) in [5.74, 6) is 0.0713. The van der Waals surface area contributed by atoms with E-state index in [1.165, 1.54) is 11.1 Å². The lowest BCUT2D eigenvalue weighted by Crippen LogP contribution is -2.29. The first-order valence-corrected chi connectivity index (χ1v) is 8.19. The summed E-state index contributed by atoms with van der Waals surface area (Å²) in [6, 6.07) is 15.7. The van der Waals surface area contributed by atoms with Crippen LogP contribution in [-0.4, -0.2) is 18.2 Å². The van der Waals surface area contributed by atoms with Crippen LogP contribution in [0.25, 0.3) is 0 Å². The fourth-order valence-corrected chi connectivity index (χ4v) is 3.02. The number of amides is 1. The fraction of sp³-hybridized carbons (Fsp3) is 0.300. The smallest absolute Gasteiger partial charge is 0.227 e. The summed E-state index contributed by atoms with van der Waals surface area (Å²) in [7, 11) is 0. The van der Waals surface area contributed by atoms with Crippen molar-refractivity contribution in [1.82, 2.24) is 0 Å². The van der Waals surface area contributed by atoms with Crippen molar-refractivity contribution in [1.29, 1.82) is 0 Å². The second-order valence-corrected chi connectivity index (χ2v) is 5.90. The summed E-state index contributed by atoms with van der Waals surface area (Å²) in [5.41, 5.74) is 4.11. The summed E-state index contributed by atoms with van der Waals surface area (Å²) in [6.45, 7) is 2.81. The van der Waals surface area contributed by atoms with E-state index in [0.29, 0.717) is 5.56 Å². The first-order valence-electron chi connectivity index (χ1n) is 8.19. The number of carbonyl (C=O) groups is 2. The Kier molecular flexibility index (Phi) is 4.56. The maximum absolute atomic E-state index is 12.4. The van der Waals surface area contributed by atoms with Gasteiger partial charge in [-0.1, -0.05) is 49.4 Å². The highest BCUT2D eigenvalue weighted by atomic mass is 16.2. The Balaban J connectivity index is 1.60. The number of anilines is 1. The van der Waals surface area contributed by atoms with Gasteiger partial charge in [0.25, 0.3) is 0 Å². The number of benzene rings is 2. The Morgan fingerprint density at radius 1 is 1.00 bits per heavy atom. The maximum atomic E-state index is 12.4. The molecule has 1 aliphatic rings. The van der Waals surface area contributed by atoms with Gasteiger partial charge in [0.2, 0.25) is 5.91 Å². The zero-order valence-electron chi connectivity index (χ0n) is 13.4. The Bertz CT molecular complexity index is 719. The van der Waals surface area contributed by atoms with Gasteiger partial charge in [-0.2, -0.15) is 0 Å². The molecule has 3 nitrogen and oxygen atoms in total. The number of hydrogen-bond acceptors (Lipinski definition) is 2. The number of nitrogens with zero attached hydrogens (tertiary/aromatic N) is 1. The molecule has 0 radical (unpaired) electrons. The SMILES string of the molecule is CCc1ccc(C(=O)CCC(=O)N2CCc3ccccc32)cc1. The van der Waals surface area contributed by atoms with Crippen molar-refractivity contribution in [3.63, 3.8) is 0 Å². The molecule has 1 amide bonds. The van der Waals surface area contributed by atoms with Crippen molar-refractivity contribution in [2.75, 3.05) is 11.4 Å². The second kappa shape index (κ2) is 6.78. The first-order chi connectivity index (χ1) is 11.2. The van der Waals surface area contributed by atoms with E-state index in [0.717, 1.165) is 25.1 Å². The van der Waals surface area contributed by atoms with Crippen molar-refractivity contribution in [2.24, 2.45) is 0 Å². The standard InChI is InChI=1S/C20H21NO2/c1-2-15-7-9-17(10-8-15)19(22)11-12-20(23)21-14-13-16-5-3-4-6-18(16)21/h3-10H,2,11-14H2,1H3. The predicted molar refractivity (Wildman–Crippen MR) is 91.9 cm³/mol. The zero-order valence-corrected chi connectivity index (χ0v) is 13.4. The van der Waals surface area contributed by atoms with Crippen molar-refractivity contribution < 1.29 is 9.59 Å². The molecule has 23 heavy (non-hydrogen) atoms. The van der Waals surface area contributed by atoms with E-state index < -0.39 is 0 Å². The van der Waals surface area contributed by atoms with Crippen LogP contribution in [0.4, 0.5) is 5.69 Å². The van der Waals surface area contributed by atoms with E-state index in [1.54, 1.807) is 0 Å². The van der Waals surface area contributed by atoms with E-state index in [9.17, 15) is 9.59 Å². The molecule has 0 aliphatic carbocycles. The number of fused-ring (bicyclic) bond motifs is 1. The quantitative estimate of drug-likeness (QED) is 0.788. The van der Waals surface area contributed by atoms with Gasteiger partial charge in [-0.15, -0.1) is 0 Å². The topological polar surface area (TPSA) is 37.4 Å². The molecule has 0 saturated carbocycles. The number of hydrogen-bond donors (Lipinski definition) is 0. The van der Waals surface area contributed by atoms with Gasteiger partial charge >= 0.3 is 0 Å². The van der Waals surface area contributed by atoms with Crippen LogP contribution in [0.2, 0.25) is 0 Å². The van der Waals surface area contributed by atoms with Gasteiger partial charge < -0.3 is 4.90 Å². The molecule has 3 rings (SSSR count). The van der Waals surface area contributed by atoms with Crippen molar-refractivity contribution in [3.05, 3.63) is 65.2 Å². The van der Waals surface area contributed by atoms with E-state index in [-0.39, 0.29) is 24.5 Å². The van der Waals surface area contributed by atoms with E-state index in [4.69, 9.17) is 0 Å². The molecule has 3 heteroatoms. The third-order valence-corrected chi connectivity index (χ3v) is 4.44. The third kappa shape index (κ3) is 3.34. The van der Waals surface area contributed by atoms with Gasteiger partial charge in [-0.25, -0.2) is 0 Å². The van der Waals surface area contributed by atoms with E-state index in [1.807, 2.05) is 47.4 Å². The Morgan fingerprint density at radius 3 is 2.48 bits per heavy atom. The van der Waals surface area contributed by atoms with Gasteiger partial charge in [-0.05, 0) is 30.0 Å². The highest BCUT2D eigenvalue weighted by Crippen LogP contribution is 2.28. The maximum Gasteiger partial charge on any atom is 0.227 e. The van der Waals surface area contributed by atoms with Crippen LogP contribution in [-0.2, 0) is 17.6 Å². The molecule has 0 spiro atoms. The fourth-order valence-electron chi connectivity index (χ4n) is 3.02. The molecule has 0 unspecified atom stereocenters. The lowest BCUT2D eigenvalue weighted by molar-refractivity contribution is -0.118. The van der Waals surface area contributed by atoms with E-state index in [2.05, 4.69) is 13.0 Å². The average molecular weight is 307 g/mol. The molecule has 2 aromatic rings. The van der Waals surface area contributed by atoms with Crippen LogP contribution in [0.3, 0.4) is 0 Å². The minimum atomic E-state index is 0.0356. The number of aryl methyl sites for hydroxylation is 1. The summed E-state index contributed by atoms with van der Waals surface area (Å²) < 4.78 is 0. The predicted octanol–water partition coefficient (Wildman–Crippen LogP) is 3.80. The molecular weight excluding hydrogens is 286 g/mol. The van der Waals surface area contributed by atoms with Gasteiger partial charge in [0.1, 0.15) is 0 Å². The van der Waals surface area contributed by atoms with Crippen LogP contribution in [0.1, 0.15) is 41.3 Å². The van der Waals surface area contributed by atoms with E-state index >= 15 is 0 Å². The highest BCUT2D eigenvalue weighted by Gasteiger charge is 2.24. The van der Waals surface area contributed by atoms with Gasteiger partial charge in [0.05, 0.1) is 0 Å². The molecule has 0 N–H and O–H groups in total. The minimum absolute atomic E-state index is 0.0356. The van der Waals surface area contributed by atoms with Gasteiger partial charge in [0, 0.05) is 30.6 Å². The first kappa shape index (κ1) is 15.5. The third-order valence-electron chi connectivity index (χ3n) is 4.44. The van der Waals surface area contributed by atoms with Crippen LogP contribution >= 0.6 is 0 Å². The average Bonchev–Trinajstić information content (AvgIpc) is 3.03. The zero-order chi connectivity index (χ0) is 16.2. The molecule has 118 valence electrons. The molecule has 1 aliphatic heterocycles. The number of Topliss-reactive ketones (excluding diaryl/α,β-unsaturated/α-hetero) is 1. The molecule has 0 saturated heterocycles. The number of ketones is 1. The second-order valence-electron chi connectivity index (χ2n) is 5.90. The number of carbonyl (C=O) groups excluding carboxylic acids is 2. The summed E-state index contributed by atoms with van der Waals surface area (Å²) in [6.07, 6.45) is 2.39. The summed E-state index contributed by atoms with van der Waals surface area (Å²) in [5, 5.41) is 0. The molecule has 0 fully saturated rings. The molecule has 0 bridgehead atoms. The largest absolute Gasteiger partial charge is 0.312 e. The lowest BCUT2D eigenvalue weighted by Gasteiger charge is -2.17. The Labute approximate surface area is 136 Å². The molecule has 0 atom stereocenters. The van der Waals surface area contributed by atoms with Crippen molar-refractivity contribution >= 4 is 17.4 Å². The van der Waals surface area contributed by atoms with Crippen LogP contribution in [0.5, 0.6) is 0 Å². The molecule has 0 aromatic heterocycles. The van der Waals surface area contributed by atoms with Gasteiger partial charge in [0.15, 0.2) is 5.78 Å². The molecule has 2 aromatic carbocycles. The lowest BCUT2D eigenvalue weighted by atomic mass is 10.0. The minimum Gasteiger partial charge on any atom is -0.312 e. The molecular formula is C20H21NO2. The van der Waals surface area contributed by atoms with Gasteiger partial charge in [-0.3, -0.25) is 9.59 Å².